The van der Waals surface area contributed by atoms with Crippen LogP contribution in [0.1, 0.15) is 36.8 Å². The van der Waals surface area contributed by atoms with Crippen LogP contribution in [0.25, 0.3) is 0 Å². The zero-order valence-electron chi connectivity index (χ0n) is 18.0. The normalized spacial score (nSPS) is 18.5. The molecule has 0 spiro atoms. The van der Waals surface area contributed by atoms with Gasteiger partial charge in [0.1, 0.15) is 0 Å². The Bertz CT molecular complexity index is 727. The van der Waals surface area contributed by atoms with E-state index in [0.29, 0.717) is 12.1 Å². The molecule has 0 saturated carbocycles. The summed E-state index contributed by atoms with van der Waals surface area (Å²) in [5, 5.41) is 3.82. The van der Waals surface area contributed by atoms with Crippen molar-refractivity contribution in [2.45, 2.75) is 50.6 Å². The Kier molecular flexibility index (Phi) is 7.64. The Morgan fingerprint density at radius 3 is 1.45 bits per heavy atom. The van der Waals surface area contributed by atoms with Crippen LogP contribution < -0.4 is 24.3 Å². The van der Waals surface area contributed by atoms with Gasteiger partial charge in [-0.05, 0) is 73.9 Å². The second-order valence-electron chi connectivity index (χ2n) is 7.59. The summed E-state index contributed by atoms with van der Waals surface area (Å²) in [6.07, 6.45) is 6.85. The third-order valence-electron chi connectivity index (χ3n) is 5.79. The van der Waals surface area contributed by atoms with Crippen molar-refractivity contribution in [3.05, 3.63) is 47.5 Å². The van der Waals surface area contributed by atoms with E-state index in [9.17, 15) is 0 Å². The predicted molar refractivity (Wildman–Crippen MR) is 116 cm³/mol. The molecule has 0 unspecified atom stereocenters. The highest BCUT2D eigenvalue weighted by molar-refractivity contribution is 5.43. The lowest BCUT2D eigenvalue weighted by molar-refractivity contribution is 0.354. The standard InChI is InChI=1S/C24H33NO4/c1-26-21-13-7-17(15-23(21)28-3)5-9-19-11-12-20(25-19)10-6-18-8-14-22(27-2)24(16-18)29-4/h7-8,13-16,19-20,25H,5-6,9-12H2,1-4H3/t19-,20+. The molecule has 1 heterocycles. The van der Waals surface area contributed by atoms with E-state index in [0.717, 1.165) is 48.7 Å². The van der Waals surface area contributed by atoms with Gasteiger partial charge in [-0.3, -0.25) is 0 Å². The number of nitrogens with one attached hydrogen (secondary N) is 1. The van der Waals surface area contributed by atoms with Gasteiger partial charge in [0.15, 0.2) is 23.0 Å². The quantitative estimate of drug-likeness (QED) is 0.641. The van der Waals surface area contributed by atoms with Crippen LogP contribution in [0.15, 0.2) is 36.4 Å². The van der Waals surface area contributed by atoms with Crippen LogP contribution in [0.3, 0.4) is 0 Å². The molecule has 0 radical (unpaired) electrons. The van der Waals surface area contributed by atoms with E-state index in [2.05, 4.69) is 29.6 Å². The maximum Gasteiger partial charge on any atom is 0.160 e. The van der Waals surface area contributed by atoms with Crippen LogP contribution in [0.5, 0.6) is 23.0 Å². The molecule has 2 aromatic carbocycles. The highest BCUT2D eigenvalue weighted by atomic mass is 16.5. The van der Waals surface area contributed by atoms with Crippen molar-refractivity contribution in [3.8, 4) is 23.0 Å². The lowest BCUT2D eigenvalue weighted by Gasteiger charge is -2.16. The molecule has 5 nitrogen and oxygen atoms in total. The molecule has 1 aliphatic rings. The number of hydrogen-bond donors (Lipinski definition) is 1. The SMILES string of the molecule is COc1ccc(CC[C@@H]2CC[C@H](CCc3ccc(OC)c(OC)c3)N2)cc1OC. The molecule has 0 amide bonds. The largest absolute Gasteiger partial charge is 0.493 e. The third kappa shape index (κ3) is 5.57. The molecule has 0 aromatic heterocycles. The predicted octanol–water partition coefficient (Wildman–Crippen LogP) is 4.41. The van der Waals surface area contributed by atoms with Gasteiger partial charge in [0, 0.05) is 12.1 Å². The molecule has 29 heavy (non-hydrogen) atoms. The van der Waals surface area contributed by atoms with Crippen molar-refractivity contribution in [1.82, 2.24) is 5.32 Å². The van der Waals surface area contributed by atoms with E-state index in [4.69, 9.17) is 18.9 Å². The fourth-order valence-electron chi connectivity index (χ4n) is 4.11. The zero-order chi connectivity index (χ0) is 20.6. The molecule has 5 heteroatoms. The highest BCUT2D eigenvalue weighted by Gasteiger charge is 2.23. The Balaban J connectivity index is 1.46. The first-order chi connectivity index (χ1) is 14.2. The van der Waals surface area contributed by atoms with Crippen molar-refractivity contribution in [2.24, 2.45) is 0 Å². The Labute approximate surface area is 174 Å². The third-order valence-corrected chi connectivity index (χ3v) is 5.79. The smallest absolute Gasteiger partial charge is 0.160 e. The summed E-state index contributed by atoms with van der Waals surface area (Å²) in [7, 11) is 6.70. The van der Waals surface area contributed by atoms with E-state index < -0.39 is 0 Å². The summed E-state index contributed by atoms with van der Waals surface area (Å²) in [5.41, 5.74) is 2.58. The van der Waals surface area contributed by atoms with Crippen molar-refractivity contribution < 1.29 is 18.9 Å². The number of hydrogen-bond acceptors (Lipinski definition) is 5. The first kappa shape index (κ1) is 21.3. The Hall–Kier alpha value is -2.40. The van der Waals surface area contributed by atoms with Crippen molar-refractivity contribution in [1.29, 1.82) is 0 Å². The van der Waals surface area contributed by atoms with Gasteiger partial charge < -0.3 is 24.3 Å². The van der Waals surface area contributed by atoms with Gasteiger partial charge in [0.05, 0.1) is 28.4 Å². The van der Waals surface area contributed by atoms with Gasteiger partial charge in [-0.1, -0.05) is 12.1 Å². The molecule has 1 fully saturated rings. The molecule has 1 saturated heterocycles. The molecule has 0 aliphatic carbocycles. The summed E-state index contributed by atoms with van der Waals surface area (Å²) in [6.45, 7) is 0. The number of ether oxygens (including phenoxy) is 4. The number of benzene rings is 2. The fourth-order valence-corrected chi connectivity index (χ4v) is 4.11. The molecular weight excluding hydrogens is 366 g/mol. The summed E-state index contributed by atoms with van der Waals surface area (Å²) in [6, 6.07) is 13.6. The van der Waals surface area contributed by atoms with Crippen LogP contribution in [-0.4, -0.2) is 40.5 Å². The lowest BCUT2D eigenvalue weighted by Crippen LogP contribution is -2.30. The molecule has 3 rings (SSSR count). The van der Waals surface area contributed by atoms with Crippen LogP contribution in [-0.2, 0) is 12.8 Å². The monoisotopic (exact) mass is 399 g/mol. The van der Waals surface area contributed by atoms with E-state index in [1.165, 1.54) is 24.0 Å². The molecule has 1 N–H and O–H groups in total. The van der Waals surface area contributed by atoms with Crippen molar-refractivity contribution in [2.75, 3.05) is 28.4 Å². The zero-order valence-corrected chi connectivity index (χ0v) is 18.0. The van der Waals surface area contributed by atoms with Gasteiger partial charge in [-0.2, -0.15) is 0 Å². The van der Waals surface area contributed by atoms with Gasteiger partial charge in [0.2, 0.25) is 0 Å². The van der Waals surface area contributed by atoms with Crippen molar-refractivity contribution >= 4 is 0 Å². The molecule has 158 valence electrons. The number of aryl methyl sites for hydroxylation is 2. The van der Waals surface area contributed by atoms with Crippen LogP contribution in [0, 0.1) is 0 Å². The summed E-state index contributed by atoms with van der Waals surface area (Å²) >= 11 is 0. The Morgan fingerprint density at radius 1 is 0.655 bits per heavy atom. The van der Waals surface area contributed by atoms with E-state index in [-0.39, 0.29) is 0 Å². The molecular formula is C24H33NO4. The molecule has 2 aromatic rings. The van der Waals surface area contributed by atoms with Crippen LogP contribution in [0.2, 0.25) is 0 Å². The minimum absolute atomic E-state index is 0.582. The number of methoxy groups -OCH3 is 4. The summed E-state index contributed by atoms with van der Waals surface area (Å²) < 4.78 is 21.5. The first-order valence-corrected chi connectivity index (χ1v) is 10.3. The average Bonchev–Trinajstić information content (AvgIpc) is 3.23. The molecule has 1 aliphatic heterocycles. The van der Waals surface area contributed by atoms with E-state index in [1.54, 1.807) is 28.4 Å². The number of rotatable bonds is 10. The minimum atomic E-state index is 0.582. The van der Waals surface area contributed by atoms with Gasteiger partial charge in [-0.15, -0.1) is 0 Å². The maximum atomic E-state index is 5.41. The molecule has 0 bridgehead atoms. The average molecular weight is 400 g/mol. The molecule has 2 atom stereocenters. The second-order valence-corrected chi connectivity index (χ2v) is 7.59. The summed E-state index contributed by atoms with van der Waals surface area (Å²) in [4.78, 5) is 0. The topological polar surface area (TPSA) is 49.0 Å². The first-order valence-electron chi connectivity index (χ1n) is 10.3. The van der Waals surface area contributed by atoms with Crippen LogP contribution in [0.4, 0.5) is 0 Å². The van der Waals surface area contributed by atoms with Crippen molar-refractivity contribution in [3.63, 3.8) is 0 Å². The lowest BCUT2D eigenvalue weighted by atomic mass is 10.0. The van der Waals surface area contributed by atoms with Gasteiger partial charge >= 0.3 is 0 Å². The van der Waals surface area contributed by atoms with Crippen LogP contribution >= 0.6 is 0 Å². The maximum absolute atomic E-state index is 5.41. The minimum Gasteiger partial charge on any atom is -0.493 e. The van der Waals surface area contributed by atoms with Gasteiger partial charge in [0.25, 0.3) is 0 Å². The second kappa shape index (κ2) is 10.4. The van der Waals surface area contributed by atoms with E-state index >= 15 is 0 Å². The highest BCUT2D eigenvalue weighted by Crippen LogP contribution is 2.30. The van der Waals surface area contributed by atoms with E-state index in [1.807, 2.05) is 12.1 Å². The fraction of sp³-hybridized carbons (Fsp3) is 0.500. The Morgan fingerprint density at radius 2 is 1.07 bits per heavy atom. The summed E-state index contributed by atoms with van der Waals surface area (Å²) in [5.74, 6) is 3.17. The van der Waals surface area contributed by atoms with Gasteiger partial charge in [-0.25, -0.2) is 0 Å².